The molecular formula is C14H19N3O3. The molecule has 2 aliphatic rings. The molecule has 2 N–H and O–H groups in total. The van der Waals surface area contributed by atoms with Crippen LogP contribution in [0.2, 0.25) is 0 Å². The smallest absolute Gasteiger partial charge is 0.339 e. The Morgan fingerprint density at radius 3 is 2.95 bits per heavy atom. The largest absolute Gasteiger partial charge is 0.478 e. The zero-order valence-electron chi connectivity index (χ0n) is 11.5. The Labute approximate surface area is 117 Å². The topological polar surface area (TPSA) is 84.3 Å². The molecule has 2 aliphatic carbocycles. The number of hydrogen-bond acceptors (Lipinski definition) is 5. The quantitative estimate of drug-likeness (QED) is 0.855. The standard InChI is InChI=1S/C14H19N3O3/c1-20-7-12-10(13(18)19)6-15-14(17-12)16-11-5-8-2-3-9(11)4-8/h6,8-9,11H,2-5,7H2,1H3,(H,18,19)(H,15,16,17)/t8-,9+,11-/m1/s1. The Kier molecular flexibility index (Phi) is 3.56. The van der Waals surface area contributed by atoms with Crippen LogP contribution >= 0.6 is 0 Å². The van der Waals surface area contributed by atoms with Gasteiger partial charge >= 0.3 is 5.97 Å². The van der Waals surface area contributed by atoms with Crippen LogP contribution in [0.15, 0.2) is 6.20 Å². The minimum atomic E-state index is -1.02. The lowest BCUT2D eigenvalue weighted by molar-refractivity contribution is 0.0690. The fraction of sp³-hybridized carbons (Fsp3) is 0.643. The van der Waals surface area contributed by atoms with Gasteiger partial charge in [0.25, 0.3) is 0 Å². The molecule has 3 atom stereocenters. The second kappa shape index (κ2) is 5.36. The van der Waals surface area contributed by atoms with Crippen molar-refractivity contribution >= 4 is 11.9 Å². The van der Waals surface area contributed by atoms with Gasteiger partial charge in [0.05, 0.1) is 12.3 Å². The highest BCUT2D eigenvalue weighted by Gasteiger charge is 2.39. The van der Waals surface area contributed by atoms with Gasteiger partial charge in [-0.05, 0) is 31.1 Å². The molecule has 6 heteroatoms. The summed E-state index contributed by atoms with van der Waals surface area (Å²) in [6.07, 6.45) is 6.46. The van der Waals surface area contributed by atoms with Crippen LogP contribution < -0.4 is 5.32 Å². The van der Waals surface area contributed by atoms with E-state index in [4.69, 9.17) is 9.84 Å². The van der Waals surface area contributed by atoms with Crippen molar-refractivity contribution in [3.05, 3.63) is 17.5 Å². The number of nitrogens with one attached hydrogen (secondary N) is 1. The summed E-state index contributed by atoms with van der Waals surface area (Å²) in [5, 5.41) is 12.5. The summed E-state index contributed by atoms with van der Waals surface area (Å²) in [7, 11) is 1.52. The number of aromatic carboxylic acids is 1. The molecule has 20 heavy (non-hydrogen) atoms. The van der Waals surface area contributed by atoms with E-state index in [2.05, 4.69) is 15.3 Å². The van der Waals surface area contributed by atoms with Crippen molar-refractivity contribution in [2.24, 2.45) is 11.8 Å². The average molecular weight is 277 g/mol. The molecule has 0 aromatic carbocycles. The minimum absolute atomic E-state index is 0.102. The predicted molar refractivity (Wildman–Crippen MR) is 72.6 cm³/mol. The number of aromatic nitrogens is 2. The van der Waals surface area contributed by atoms with Crippen LogP contribution in [0.25, 0.3) is 0 Å². The second-order valence-electron chi connectivity index (χ2n) is 5.72. The SMILES string of the molecule is COCc1nc(N[C@@H]2C[C@@H]3CC[C@H]2C3)ncc1C(=O)O. The van der Waals surface area contributed by atoms with Gasteiger partial charge in [0, 0.05) is 19.3 Å². The second-order valence-corrected chi connectivity index (χ2v) is 5.72. The lowest BCUT2D eigenvalue weighted by Crippen LogP contribution is -2.27. The van der Waals surface area contributed by atoms with Crippen LogP contribution in [0, 0.1) is 11.8 Å². The van der Waals surface area contributed by atoms with Gasteiger partial charge in [-0.2, -0.15) is 0 Å². The third kappa shape index (κ3) is 2.47. The van der Waals surface area contributed by atoms with E-state index in [-0.39, 0.29) is 12.2 Å². The van der Waals surface area contributed by atoms with Gasteiger partial charge in [-0.15, -0.1) is 0 Å². The maximum atomic E-state index is 11.1. The molecule has 0 radical (unpaired) electrons. The van der Waals surface area contributed by atoms with Gasteiger partial charge in [0.1, 0.15) is 5.56 Å². The summed E-state index contributed by atoms with van der Waals surface area (Å²) in [5.74, 6) is 1.05. The van der Waals surface area contributed by atoms with Gasteiger partial charge in [-0.25, -0.2) is 14.8 Å². The molecular weight excluding hydrogens is 258 g/mol. The molecule has 108 valence electrons. The Morgan fingerprint density at radius 2 is 2.35 bits per heavy atom. The van der Waals surface area contributed by atoms with Crippen LogP contribution in [0.5, 0.6) is 0 Å². The van der Waals surface area contributed by atoms with E-state index in [1.807, 2.05) is 0 Å². The van der Waals surface area contributed by atoms with Crippen molar-refractivity contribution in [1.82, 2.24) is 9.97 Å². The molecule has 0 unspecified atom stereocenters. The molecule has 0 aliphatic heterocycles. The maximum Gasteiger partial charge on any atom is 0.339 e. The third-order valence-electron chi connectivity index (χ3n) is 4.43. The van der Waals surface area contributed by atoms with Crippen molar-refractivity contribution < 1.29 is 14.6 Å². The molecule has 1 aromatic heterocycles. The summed E-state index contributed by atoms with van der Waals surface area (Å²) in [5.41, 5.74) is 0.519. The molecule has 3 rings (SSSR count). The summed E-state index contributed by atoms with van der Waals surface area (Å²) in [6.45, 7) is 0.176. The zero-order chi connectivity index (χ0) is 14.1. The van der Waals surface area contributed by atoms with Crippen molar-refractivity contribution in [2.75, 3.05) is 12.4 Å². The lowest BCUT2D eigenvalue weighted by Gasteiger charge is -2.23. The molecule has 0 saturated heterocycles. The van der Waals surface area contributed by atoms with Gasteiger partial charge in [0.15, 0.2) is 0 Å². The number of methoxy groups -OCH3 is 1. The minimum Gasteiger partial charge on any atom is -0.478 e. The number of ether oxygens (including phenoxy) is 1. The van der Waals surface area contributed by atoms with Crippen molar-refractivity contribution in [2.45, 2.75) is 38.3 Å². The van der Waals surface area contributed by atoms with E-state index >= 15 is 0 Å². The molecule has 2 bridgehead atoms. The Hall–Kier alpha value is -1.69. The summed E-state index contributed by atoms with van der Waals surface area (Å²) in [4.78, 5) is 19.5. The fourth-order valence-corrected chi connectivity index (χ4v) is 3.50. The molecule has 6 nitrogen and oxygen atoms in total. The summed E-state index contributed by atoms with van der Waals surface area (Å²) in [6, 6.07) is 0.430. The Balaban J connectivity index is 1.76. The van der Waals surface area contributed by atoms with E-state index in [1.54, 1.807) is 0 Å². The van der Waals surface area contributed by atoms with Crippen LogP contribution in [0.3, 0.4) is 0 Å². The number of fused-ring (bicyclic) bond motifs is 2. The highest BCUT2D eigenvalue weighted by atomic mass is 16.5. The van der Waals surface area contributed by atoms with Crippen LogP contribution in [-0.4, -0.2) is 34.2 Å². The number of carbonyl (C=O) groups is 1. The first-order chi connectivity index (χ1) is 9.67. The molecule has 2 saturated carbocycles. The van der Waals surface area contributed by atoms with E-state index in [1.165, 1.54) is 39.0 Å². The highest BCUT2D eigenvalue weighted by molar-refractivity contribution is 5.88. The average Bonchev–Trinajstić information content (AvgIpc) is 3.01. The van der Waals surface area contributed by atoms with Gasteiger partial charge < -0.3 is 15.2 Å². The predicted octanol–water partition coefficient (Wildman–Crippen LogP) is 1.92. The molecule has 1 aromatic rings. The summed E-state index contributed by atoms with van der Waals surface area (Å²) >= 11 is 0. The van der Waals surface area contributed by atoms with E-state index in [9.17, 15) is 4.79 Å². The molecule has 0 amide bonds. The van der Waals surface area contributed by atoms with Crippen molar-refractivity contribution in [3.8, 4) is 0 Å². The Morgan fingerprint density at radius 1 is 1.50 bits per heavy atom. The number of carboxylic acids is 1. The first-order valence-corrected chi connectivity index (χ1v) is 7.02. The van der Waals surface area contributed by atoms with Crippen LogP contribution in [-0.2, 0) is 11.3 Å². The van der Waals surface area contributed by atoms with Crippen molar-refractivity contribution in [3.63, 3.8) is 0 Å². The number of nitrogens with zero attached hydrogens (tertiary/aromatic N) is 2. The molecule has 1 heterocycles. The van der Waals surface area contributed by atoms with Gasteiger partial charge in [0.2, 0.25) is 5.95 Å². The lowest BCUT2D eigenvalue weighted by atomic mass is 9.95. The fourth-order valence-electron chi connectivity index (χ4n) is 3.50. The van der Waals surface area contributed by atoms with E-state index in [0.29, 0.717) is 23.6 Å². The third-order valence-corrected chi connectivity index (χ3v) is 4.43. The van der Waals surface area contributed by atoms with Crippen molar-refractivity contribution in [1.29, 1.82) is 0 Å². The number of anilines is 1. The first kappa shape index (κ1) is 13.3. The summed E-state index contributed by atoms with van der Waals surface area (Å²) < 4.78 is 5.01. The van der Waals surface area contributed by atoms with E-state index < -0.39 is 5.97 Å². The maximum absolute atomic E-state index is 11.1. The van der Waals surface area contributed by atoms with Crippen LogP contribution in [0.4, 0.5) is 5.95 Å². The van der Waals surface area contributed by atoms with E-state index in [0.717, 1.165) is 5.92 Å². The number of rotatable bonds is 5. The number of carboxylic acid groups (broad SMARTS) is 1. The zero-order valence-corrected chi connectivity index (χ0v) is 11.5. The molecule has 2 fully saturated rings. The highest BCUT2D eigenvalue weighted by Crippen LogP contribution is 2.45. The van der Waals surface area contributed by atoms with Crippen LogP contribution in [0.1, 0.15) is 41.7 Å². The molecule has 0 spiro atoms. The number of hydrogen-bond donors (Lipinski definition) is 2. The Bertz CT molecular complexity index is 520. The van der Waals surface area contributed by atoms with Gasteiger partial charge in [-0.1, -0.05) is 6.42 Å². The first-order valence-electron chi connectivity index (χ1n) is 7.02. The normalized spacial score (nSPS) is 27.8. The monoisotopic (exact) mass is 277 g/mol. The van der Waals surface area contributed by atoms with Gasteiger partial charge in [-0.3, -0.25) is 0 Å².